The minimum absolute atomic E-state index is 0.407. The summed E-state index contributed by atoms with van der Waals surface area (Å²) in [6.45, 7) is 3.82. The molecule has 4 aromatic rings. The van der Waals surface area contributed by atoms with Crippen LogP contribution in [-0.2, 0) is 6.18 Å². The number of aromatic nitrogens is 1. The van der Waals surface area contributed by atoms with Gasteiger partial charge in [-0.05, 0) is 72.2 Å². The van der Waals surface area contributed by atoms with Gasteiger partial charge in [0.05, 0.1) is 16.0 Å². The topological polar surface area (TPSA) is 60.5 Å². The highest BCUT2D eigenvalue weighted by Crippen LogP contribution is 2.34. The summed E-state index contributed by atoms with van der Waals surface area (Å²) in [5.41, 5.74) is 0.711. The molecule has 1 fully saturated rings. The van der Waals surface area contributed by atoms with Gasteiger partial charge in [0, 0.05) is 37.3 Å². The van der Waals surface area contributed by atoms with Gasteiger partial charge in [0.25, 0.3) is 0 Å². The predicted octanol–water partition coefficient (Wildman–Crippen LogP) is 6.52. The Hall–Kier alpha value is -3.70. The number of hydrogen-bond donors (Lipinski definition) is 2. The maximum atomic E-state index is 13.9. The monoisotopic (exact) mass is 529 g/mol. The number of likely N-dealkylation sites (N-methyl/N-ethyl adjacent to an activating group) is 1. The zero-order valence-electron chi connectivity index (χ0n) is 19.8. The van der Waals surface area contributed by atoms with E-state index in [0.29, 0.717) is 23.9 Å². The maximum absolute atomic E-state index is 13.9. The zero-order valence-corrected chi connectivity index (χ0v) is 20.6. The predicted molar refractivity (Wildman–Crippen MR) is 139 cm³/mol. The number of benzene rings is 3. The number of fused-ring (bicyclic) bond motifs is 1. The van der Waals surface area contributed by atoms with E-state index in [9.17, 15) is 22.4 Å². The van der Waals surface area contributed by atoms with E-state index in [0.717, 1.165) is 53.2 Å². The van der Waals surface area contributed by atoms with E-state index < -0.39 is 29.3 Å². The van der Waals surface area contributed by atoms with Crippen molar-refractivity contribution in [3.05, 3.63) is 72.0 Å². The van der Waals surface area contributed by atoms with Crippen LogP contribution < -0.4 is 15.5 Å². The van der Waals surface area contributed by atoms with Gasteiger partial charge in [-0.1, -0.05) is 18.2 Å². The van der Waals surface area contributed by atoms with Crippen molar-refractivity contribution in [2.45, 2.75) is 6.18 Å². The fourth-order valence-electron chi connectivity index (χ4n) is 4.18. The second-order valence-electron chi connectivity index (χ2n) is 8.86. The number of rotatable bonds is 4. The van der Waals surface area contributed by atoms with Crippen molar-refractivity contribution in [2.75, 3.05) is 48.8 Å². The van der Waals surface area contributed by atoms with Crippen LogP contribution in [0.1, 0.15) is 5.56 Å². The molecular weight excluding hydrogens is 506 g/mol. The van der Waals surface area contributed by atoms with Gasteiger partial charge in [-0.3, -0.25) is 0 Å². The molecule has 0 bridgehead atoms. The van der Waals surface area contributed by atoms with Crippen LogP contribution in [0, 0.1) is 5.82 Å². The first-order chi connectivity index (χ1) is 17.7. The van der Waals surface area contributed by atoms with E-state index in [4.69, 9.17) is 4.37 Å². The minimum atomic E-state index is -4.65. The summed E-state index contributed by atoms with van der Waals surface area (Å²) in [5.74, 6) is 0.0273. The molecule has 37 heavy (non-hydrogen) atoms. The van der Waals surface area contributed by atoms with E-state index in [-0.39, 0.29) is 0 Å². The van der Waals surface area contributed by atoms with Crippen molar-refractivity contribution in [2.24, 2.45) is 0 Å². The maximum Gasteiger partial charge on any atom is 0.416 e. The highest BCUT2D eigenvalue weighted by molar-refractivity contribution is 7.13. The molecule has 0 aliphatic carbocycles. The molecule has 1 aliphatic rings. The number of anilines is 3. The highest BCUT2D eigenvalue weighted by atomic mass is 32.1. The van der Waals surface area contributed by atoms with E-state index in [2.05, 4.69) is 33.5 Å². The van der Waals surface area contributed by atoms with E-state index >= 15 is 0 Å². The Morgan fingerprint density at radius 2 is 1.62 bits per heavy atom. The lowest BCUT2D eigenvalue weighted by Crippen LogP contribution is -2.44. The quantitative estimate of drug-likeness (QED) is 0.296. The molecule has 192 valence electrons. The van der Waals surface area contributed by atoms with Crippen LogP contribution in [0.4, 0.5) is 39.5 Å². The second kappa shape index (κ2) is 9.98. The Kier molecular flexibility index (Phi) is 6.74. The number of amides is 2. The van der Waals surface area contributed by atoms with Crippen molar-refractivity contribution in [1.82, 2.24) is 9.27 Å². The molecule has 0 saturated carbocycles. The van der Waals surface area contributed by atoms with Crippen LogP contribution in [-0.4, -0.2) is 48.5 Å². The SMILES string of the molecule is CN1CCN(c2nsc3ccc(-c4ccc(NC(=O)Nc5cc(C(F)(F)F)ccc5F)cc4)cc23)CC1. The summed E-state index contributed by atoms with van der Waals surface area (Å²) < 4.78 is 58.4. The van der Waals surface area contributed by atoms with Gasteiger partial charge in [-0.2, -0.15) is 17.5 Å². The van der Waals surface area contributed by atoms with Gasteiger partial charge in [-0.15, -0.1) is 0 Å². The molecule has 1 aromatic heterocycles. The summed E-state index contributed by atoms with van der Waals surface area (Å²) in [4.78, 5) is 16.9. The zero-order chi connectivity index (χ0) is 26.2. The number of alkyl halides is 3. The fourth-order valence-corrected chi connectivity index (χ4v) is 4.96. The number of carbonyl (C=O) groups excluding carboxylic acids is 1. The average molecular weight is 530 g/mol. The molecule has 0 atom stereocenters. The molecule has 0 unspecified atom stereocenters. The number of urea groups is 1. The molecule has 2 amide bonds. The first-order valence-corrected chi connectivity index (χ1v) is 12.3. The van der Waals surface area contributed by atoms with Crippen LogP contribution in [0.2, 0.25) is 0 Å². The van der Waals surface area contributed by atoms with Crippen molar-refractivity contribution in [3.8, 4) is 11.1 Å². The Morgan fingerprint density at radius 3 is 2.32 bits per heavy atom. The van der Waals surface area contributed by atoms with Crippen LogP contribution in [0.3, 0.4) is 0 Å². The third-order valence-electron chi connectivity index (χ3n) is 6.27. The summed E-state index contributed by atoms with van der Waals surface area (Å²) in [7, 11) is 2.11. The number of piperazine rings is 1. The number of nitrogens with zero attached hydrogens (tertiary/aromatic N) is 3. The van der Waals surface area contributed by atoms with Crippen molar-refractivity contribution >= 4 is 44.8 Å². The molecule has 5 rings (SSSR count). The second-order valence-corrected chi connectivity index (χ2v) is 9.66. The number of carbonyl (C=O) groups is 1. The van der Waals surface area contributed by atoms with Crippen molar-refractivity contribution in [1.29, 1.82) is 0 Å². The van der Waals surface area contributed by atoms with Crippen LogP contribution in [0.5, 0.6) is 0 Å². The molecule has 11 heteroatoms. The highest BCUT2D eigenvalue weighted by Gasteiger charge is 2.31. The molecule has 0 spiro atoms. The van der Waals surface area contributed by atoms with Gasteiger partial charge in [0.15, 0.2) is 0 Å². The third-order valence-corrected chi connectivity index (χ3v) is 7.09. The Labute approximate surface area is 214 Å². The smallest absolute Gasteiger partial charge is 0.353 e. The van der Waals surface area contributed by atoms with Gasteiger partial charge < -0.3 is 20.4 Å². The average Bonchev–Trinajstić information content (AvgIpc) is 3.29. The Morgan fingerprint density at radius 1 is 0.919 bits per heavy atom. The van der Waals surface area contributed by atoms with Crippen LogP contribution >= 0.6 is 11.5 Å². The molecule has 2 N–H and O–H groups in total. The molecule has 6 nitrogen and oxygen atoms in total. The van der Waals surface area contributed by atoms with E-state index in [1.807, 2.05) is 24.3 Å². The lowest BCUT2D eigenvalue weighted by atomic mass is 10.0. The largest absolute Gasteiger partial charge is 0.416 e. The third kappa shape index (κ3) is 5.52. The summed E-state index contributed by atoms with van der Waals surface area (Å²) in [5, 5.41) is 5.75. The standard InChI is InChI=1S/C26H23F4N5OS/c1-34-10-12-35(13-11-34)24-20-14-17(4-9-23(20)37-33-24)16-2-6-19(7-3-16)31-25(36)32-22-15-18(26(28,29)30)5-8-21(22)27/h2-9,14-15H,10-13H2,1H3,(H2,31,32,36). The van der Waals surface area contributed by atoms with Crippen LogP contribution in [0.25, 0.3) is 21.2 Å². The fraction of sp³-hybridized carbons (Fsp3) is 0.231. The molecule has 2 heterocycles. The number of nitrogens with one attached hydrogen (secondary N) is 2. The van der Waals surface area contributed by atoms with Gasteiger partial charge in [0.1, 0.15) is 11.6 Å². The molecule has 1 aliphatic heterocycles. The van der Waals surface area contributed by atoms with Gasteiger partial charge in [0.2, 0.25) is 0 Å². The van der Waals surface area contributed by atoms with Gasteiger partial charge in [-0.25, -0.2) is 9.18 Å². The van der Waals surface area contributed by atoms with Crippen molar-refractivity contribution in [3.63, 3.8) is 0 Å². The molecule has 0 radical (unpaired) electrons. The Bertz CT molecular complexity index is 1430. The summed E-state index contributed by atoms with van der Waals surface area (Å²) in [6.07, 6.45) is -4.65. The van der Waals surface area contributed by atoms with E-state index in [1.165, 1.54) is 11.5 Å². The normalized spacial score (nSPS) is 14.7. The minimum Gasteiger partial charge on any atom is -0.353 e. The van der Waals surface area contributed by atoms with Crippen LogP contribution in [0.15, 0.2) is 60.7 Å². The summed E-state index contributed by atoms with van der Waals surface area (Å²) in [6, 6.07) is 14.2. The van der Waals surface area contributed by atoms with Gasteiger partial charge >= 0.3 is 12.2 Å². The number of hydrogen-bond acceptors (Lipinski definition) is 5. The molecule has 3 aromatic carbocycles. The number of halogens is 4. The summed E-state index contributed by atoms with van der Waals surface area (Å²) >= 11 is 1.48. The lowest BCUT2D eigenvalue weighted by Gasteiger charge is -2.32. The Balaban J connectivity index is 1.29. The molecular formula is C26H23F4N5OS. The van der Waals surface area contributed by atoms with Crippen molar-refractivity contribution < 1.29 is 22.4 Å². The molecule has 1 saturated heterocycles. The lowest BCUT2D eigenvalue weighted by molar-refractivity contribution is -0.137. The first kappa shape index (κ1) is 25.0. The van der Waals surface area contributed by atoms with E-state index in [1.54, 1.807) is 12.1 Å². The first-order valence-electron chi connectivity index (χ1n) is 11.6.